The van der Waals surface area contributed by atoms with Gasteiger partial charge in [-0.2, -0.15) is 0 Å². The number of carbonyl (C=O) groups excluding carboxylic acids is 5. The van der Waals surface area contributed by atoms with Gasteiger partial charge in [0.05, 0.1) is 31.4 Å². The van der Waals surface area contributed by atoms with Crippen LogP contribution in [-0.2, 0) is 51.1 Å². The third kappa shape index (κ3) is 10.6. The van der Waals surface area contributed by atoms with Crippen molar-refractivity contribution in [3.8, 4) is 34.3 Å². The number of likely N-dealkylation sites (N-methyl/N-ethyl adjacent to an activating group) is 1. The smallest absolute Gasteiger partial charge is 0.324 e. The second kappa shape index (κ2) is 21.1. The largest absolute Gasteiger partial charge is 0.464 e. The minimum atomic E-state index is -1.30. The van der Waals surface area contributed by atoms with Gasteiger partial charge in [0.15, 0.2) is 0 Å². The summed E-state index contributed by atoms with van der Waals surface area (Å²) in [6.45, 7) is 13.9. The van der Waals surface area contributed by atoms with E-state index in [2.05, 4.69) is 76.2 Å². The monoisotopic (exact) mass is 943 g/mol. The number of methoxy groups -OCH3 is 1. The maximum absolute atomic E-state index is 15.0. The van der Waals surface area contributed by atoms with Crippen molar-refractivity contribution in [2.45, 2.75) is 91.1 Å². The van der Waals surface area contributed by atoms with Gasteiger partial charge in [0.2, 0.25) is 11.8 Å². The zero-order valence-electron chi connectivity index (χ0n) is 40.8. The molecule has 4 aliphatic heterocycles. The molecule has 2 aromatic carbocycles. The molecule has 2 aromatic heterocycles. The molecule has 0 spiro atoms. The van der Waals surface area contributed by atoms with Crippen LogP contribution >= 0.6 is 0 Å². The van der Waals surface area contributed by atoms with Crippen molar-refractivity contribution in [2.75, 3.05) is 66.7 Å². The molecule has 0 unspecified atom stereocenters. The highest BCUT2D eigenvalue weighted by atomic mass is 16.5. The first kappa shape index (κ1) is 49.1. The van der Waals surface area contributed by atoms with E-state index in [0.717, 1.165) is 38.9 Å². The molecule has 4 aliphatic rings. The van der Waals surface area contributed by atoms with Crippen molar-refractivity contribution in [1.82, 2.24) is 45.0 Å². The number of ether oxygens (including phenoxy) is 3. The maximum atomic E-state index is 15.0. The molecule has 6 bridgehead atoms. The van der Waals surface area contributed by atoms with Crippen molar-refractivity contribution < 1.29 is 38.2 Å². The highest BCUT2D eigenvalue weighted by Crippen LogP contribution is 2.40. The molecule has 17 heteroatoms. The molecular weight excluding hydrogens is 879 g/mol. The summed E-state index contributed by atoms with van der Waals surface area (Å²) in [5.74, 6) is -0.366. The number of cyclic esters (lactones) is 1. The van der Waals surface area contributed by atoms with Crippen molar-refractivity contribution in [3.63, 3.8) is 0 Å². The molecule has 6 heterocycles. The highest BCUT2D eigenvalue weighted by molar-refractivity contribution is 5.97. The second-order valence-corrected chi connectivity index (χ2v) is 19.7. The first-order chi connectivity index (χ1) is 33.2. The second-order valence-electron chi connectivity index (χ2n) is 19.7. The fourth-order valence-electron chi connectivity index (χ4n) is 10.3. The van der Waals surface area contributed by atoms with Gasteiger partial charge in [-0.15, -0.1) is 0 Å². The number of hydrazine groups is 1. The van der Waals surface area contributed by atoms with Gasteiger partial charge < -0.3 is 38.8 Å². The number of fused-ring (bicyclic) bond motifs is 6. The number of rotatable bonds is 8. The molecule has 4 amide bonds. The van der Waals surface area contributed by atoms with Crippen LogP contribution in [0.4, 0.5) is 0 Å². The molecule has 17 nitrogen and oxygen atoms in total. The lowest BCUT2D eigenvalue weighted by Gasteiger charge is -2.38. The molecule has 8 rings (SSSR count). The van der Waals surface area contributed by atoms with Gasteiger partial charge in [0.1, 0.15) is 30.6 Å². The molecule has 0 saturated carbocycles. The van der Waals surface area contributed by atoms with Crippen LogP contribution in [0, 0.1) is 29.2 Å². The molecule has 0 aliphatic carbocycles. The van der Waals surface area contributed by atoms with Crippen LogP contribution < -0.4 is 10.7 Å². The predicted molar refractivity (Wildman–Crippen MR) is 258 cm³/mol. The van der Waals surface area contributed by atoms with E-state index >= 15 is 4.79 Å². The quantitative estimate of drug-likeness (QED) is 0.190. The van der Waals surface area contributed by atoms with Gasteiger partial charge in [0, 0.05) is 99.7 Å². The van der Waals surface area contributed by atoms with E-state index < -0.39 is 53.3 Å². The van der Waals surface area contributed by atoms with Gasteiger partial charge in [-0.3, -0.25) is 29.0 Å². The topological polar surface area (TPSA) is 181 Å². The molecule has 5 atom stereocenters. The number of morpholine rings is 1. The Morgan fingerprint density at radius 1 is 1.00 bits per heavy atom. The molecule has 2 N–H and O–H groups in total. The number of carbonyl (C=O) groups is 5. The number of hydrogen-bond donors (Lipinski definition) is 2. The van der Waals surface area contributed by atoms with E-state index in [1.165, 1.54) is 23.3 Å². The van der Waals surface area contributed by atoms with E-state index in [1.54, 1.807) is 11.9 Å². The van der Waals surface area contributed by atoms with E-state index in [1.807, 2.05) is 55.4 Å². The van der Waals surface area contributed by atoms with Gasteiger partial charge in [-0.25, -0.2) is 15.4 Å². The predicted octanol–water partition coefficient (Wildman–Crippen LogP) is 4.20. The van der Waals surface area contributed by atoms with Crippen LogP contribution in [-0.4, -0.2) is 149 Å². The van der Waals surface area contributed by atoms with Gasteiger partial charge in [-0.1, -0.05) is 52.0 Å². The van der Waals surface area contributed by atoms with Crippen molar-refractivity contribution in [3.05, 3.63) is 72.3 Å². The number of likely N-dealkylation sites (tertiary alicyclic amines) is 1. The van der Waals surface area contributed by atoms with E-state index in [9.17, 15) is 19.2 Å². The van der Waals surface area contributed by atoms with Crippen molar-refractivity contribution >= 4 is 40.5 Å². The Bertz CT molecular complexity index is 2620. The van der Waals surface area contributed by atoms with Crippen LogP contribution in [0.25, 0.3) is 33.3 Å². The Labute approximate surface area is 404 Å². The first-order valence-electron chi connectivity index (χ1n) is 24.2. The number of nitrogens with one attached hydrogen (secondary N) is 2. The van der Waals surface area contributed by atoms with Crippen LogP contribution in [0.2, 0.25) is 0 Å². The summed E-state index contributed by atoms with van der Waals surface area (Å²) < 4.78 is 19.9. The summed E-state index contributed by atoms with van der Waals surface area (Å²) in [5.41, 5.74) is 9.09. The van der Waals surface area contributed by atoms with E-state index in [4.69, 9.17) is 14.2 Å². The van der Waals surface area contributed by atoms with Crippen LogP contribution in [0.3, 0.4) is 0 Å². The van der Waals surface area contributed by atoms with Crippen molar-refractivity contribution in [1.29, 1.82) is 0 Å². The fraction of sp³-hybridized carbons (Fsp3) is 0.519. The summed E-state index contributed by atoms with van der Waals surface area (Å²) in [4.78, 5) is 84.7. The van der Waals surface area contributed by atoms with Gasteiger partial charge in [0.25, 0.3) is 11.8 Å². The number of hydrogen-bond acceptors (Lipinski definition) is 12. The minimum absolute atomic E-state index is 0.120. The standard InChI is InChI=1S/C52H65N9O8/c1-8-60-42-15-14-35-26-39(42)40(46(60)38-28-53-32-54-29-38)27-52(4,5)31-69-51(66)41-13-10-18-61(56-41)50(65)44(47(67-7)36-12-9-11-34(35)25-36)55-48(63)45(33(2)3)57(6)49(64)37-16-20-59(30-37)43(62)17-19-58-21-23-68-24-22-58/h9,11-12,14-15,25-26,28-29,32-33,37,41,44-45,47,56H,8,10,13,16,18,20-24,27,30-31H2,1-7H3,(H,55,63)/t37-,41-,44-,45-,47+/m0/s1. The Morgan fingerprint density at radius 3 is 2.48 bits per heavy atom. The number of benzene rings is 2. The molecule has 0 radical (unpaired) electrons. The Hall–Kier alpha value is -6.35. The summed E-state index contributed by atoms with van der Waals surface area (Å²) >= 11 is 0. The van der Waals surface area contributed by atoms with Gasteiger partial charge >= 0.3 is 5.97 Å². The number of amides is 4. The summed E-state index contributed by atoms with van der Waals surface area (Å²) in [5, 5.41) is 5.47. The number of aromatic nitrogens is 3. The van der Waals surface area contributed by atoms with Crippen LogP contribution in [0.15, 0.2) is 61.2 Å². The molecule has 3 saturated heterocycles. The third-order valence-corrected chi connectivity index (χ3v) is 13.8. The highest BCUT2D eigenvalue weighted by Gasteiger charge is 2.43. The number of aryl methyl sites for hydroxylation is 1. The fourth-order valence-corrected chi connectivity index (χ4v) is 10.3. The Morgan fingerprint density at radius 2 is 1.75 bits per heavy atom. The molecular formula is C52H65N9O8. The van der Waals surface area contributed by atoms with Crippen LogP contribution in [0.1, 0.15) is 71.1 Å². The van der Waals surface area contributed by atoms with Crippen LogP contribution in [0.5, 0.6) is 0 Å². The molecule has 3 fully saturated rings. The van der Waals surface area contributed by atoms with E-state index in [-0.39, 0.29) is 37.4 Å². The maximum Gasteiger partial charge on any atom is 0.324 e. The Balaban J connectivity index is 1.12. The third-order valence-electron chi connectivity index (χ3n) is 13.8. The lowest BCUT2D eigenvalue weighted by molar-refractivity contribution is -0.157. The zero-order chi connectivity index (χ0) is 49.0. The lowest BCUT2D eigenvalue weighted by Crippen LogP contribution is -2.63. The molecule has 4 aromatic rings. The summed E-state index contributed by atoms with van der Waals surface area (Å²) in [6, 6.07) is 14.0. The molecule has 366 valence electrons. The molecule has 69 heavy (non-hydrogen) atoms. The summed E-state index contributed by atoms with van der Waals surface area (Å²) in [7, 11) is 3.09. The van der Waals surface area contributed by atoms with E-state index in [0.29, 0.717) is 70.6 Å². The zero-order valence-corrected chi connectivity index (χ0v) is 40.8. The Kier molecular flexibility index (Phi) is 15.0. The normalized spacial score (nSPS) is 22.3. The lowest BCUT2D eigenvalue weighted by atomic mass is 9.84. The SMILES string of the molecule is CCn1c(-c2cncnc2)c2c3cc(ccc31)-c1cccc(c1)[C@@H](OC)[C@H](NC(=O)[C@H](C(C)C)N(C)C(=O)[C@H]1CCN(C(=O)C#CN3CCOCC3)C1)C(=O)N1CCC[C@H](N1)C(=O)OCC(C)(C)C2. The van der Waals surface area contributed by atoms with Crippen molar-refractivity contribution in [2.24, 2.45) is 17.3 Å². The minimum Gasteiger partial charge on any atom is -0.464 e. The number of nitrogens with zero attached hydrogens (tertiary/aromatic N) is 7. The number of esters is 1. The average Bonchev–Trinajstić information content (AvgIpc) is 3.98. The average molecular weight is 944 g/mol. The summed E-state index contributed by atoms with van der Waals surface area (Å²) in [6.07, 6.45) is 6.11. The van der Waals surface area contributed by atoms with Gasteiger partial charge in [-0.05, 0) is 79.0 Å². The first-order valence-corrected chi connectivity index (χ1v) is 24.2.